The van der Waals surface area contributed by atoms with Crippen molar-refractivity contribution in [3.8, 4) is 5.69 Å². The molecule has 2 rings (SSSR count). The third kappa shape index (κ3) is 3.99. The van der Waals surface area contributed by atoms with Gasteiger partial charge in [0.1, 0.15) is 0 Å². The van der Waals surface area contributed by atoms with Crippen LogP contribution in [0, 0.1) is 5.92 Å². The Kier molecular flexibility index (Phi) is 5.41. The van der Waals surface area contributed by atoms with Crippen LogP contribution in [0.3, 0.4) is 0 Å². The lowest BCUT2D eigenvalue weighted by Crippen LogP contribution is -2.40. The molecule has 3 N–H and O–H groups in total. The zero-order valence-corrected chi connectivity index (χ0v) is 13.2. The maximum absolute atomic E-state index is 11.9. The molecule has 0 radical (unpaired) electrons. The number of rotatable bonds is 5. The van der Waals surface area contributed by atoms with Gasteiger partial charge in [0.15, 0.2) is 0 Å². The Morgan fingerprint density at radius 3 is 2.82 bits per heavy atom. The van der Waals surface area contributed by atoms with E-state index in [9.17, 15) is 4.79 Å². The van der Waals surface area contributed by atoms with Crippen molar-refractivity contribution < 1.29 is 9.90 Å². The minimum absolute atomic E-state index is 0.0170. The van der Waals surface area contributed by atoms with Crippen LogP contribution in [0.25, 0.3) is 5.69 Å². The van der Waals surface area contributed by atoms with Gasteiger partial charge in [-0.05, 0) is 25.0 Å². The largest absolute Gasteiger partial charge is 0.396 e. The van der Waals surface area contributed by atoms with Gasteiger partial charge in [0.2, 0.25) is 0 Å². The van der Waals surface area contributed by atoms with Gasteiger partial charge >= 0.3 is 6.03 Å². The van der Waals surface area contributed by atoms with Gasteiger partial charge in [0.05, 0.1) is 28.8 Å². The van der Waals surface area contributed by atoms with Crippen molar-refractivity contribution in [2.45, 2.75) is 19.9 Å². The molecule has 1 aromatic carbocycles. The number of aliphatic hydroxyl groups excluding tert-OH is 1. The molecule has 0 saturated carbocycles. The van der Waals surface area contributed by atoms with Crippen LogP contribution in [-0.4, -0.2) is 33.6 Å². The summed E-state index contributed by atoms with van der Waals surface area (Å²) in [7, 11) is 0. The number of aromatic nitrogens is 2. The molecule has 1 heterocycles. The lowest BCUT2D eigenvalue weighted by Gasteiger charge is -2.19. The number of aliphatic hydroxyl groups is 1. The summed E-state index contributed by atoms with van der Waals surface area (Å²) in [5, 5.41) is 19.3. The normalized spacial score (nSPS) is 13.5. The second kappa shape index (κ2) is 7.29. The van der Waals surface area contributed by atoms with Crippen molar-refractivity contribution in [3.05, 3.63) is 41.7 Å². The van der Waals surface area contributed by atoms with Crippen molar-refractivity contribution in [2.75, 3.05) is 11.9 Å². The molecule has 0 bridgehead atoms. The van der Waals surface area contributed by atoms with Crippen LogP contribution >= 0.6 is 11.6 Å². The van der Waals surface area contributed by atoms with Gasteiger partial charge in [-0.1, -0.05) is 30.7 Å². The molecule has 6 nitrogen and oxygen atoms in total. The molecule has 2 amide bonds. The number of para-hydroxylation sites is 1. The highest BCUT2D eigenvalue weighted by Gasteiger charge is 2.14. The number of halogens is 1. The zero-order chi connectivity index (χ0) is 16.1. The molecule has 0 spiro atoms. The highest BCUT2D eigenvalue weighted by molar-refractivity contribution is 6.32. The van der Waals surface area contributed by atoms with E-state index in [1.165, 1.54) is 0 Å². The van der Waals surface area contributed by atoms with E-state index < -0.39 is 0 Å². The lowest BCUT2D eigenvalue weighted by molar-refractivity contribution is 0.204. The second-order valence-corrected chi connectivity index (χ2v) is 5.58. The number of carbonyl (C=O) groups is 1. The first-order valence-corrected chi connectivity index (χ1v) is 7.37. The smallest absolute Gasteiger partial charge is 0.319 e. The number of benzene rings is 1. The van der Waals surface area contributed by atoms with Crippen LogP contribution in [0.4, 0.5) is 10.5 Å². The predicted molar refractivity (Wildman–Crippen MR) is 86.4 cm³/mol. The molecule has 7 heteroatoms. The number of nitrogens with one attached hydrogen (secondary N) is 2. The van der Waals surface area contributed by atoms with Crippen molar-refractivity contribution in [1.82, 2.24) is 15.1 Å². The van der Waals surface area contributed by atoms with Crippen molar-refractivity contribution >= 4 is 23.3 Å². The molecule has 0 aliphatic carbocycles. The highest BCUT2D eigenvalue weighted by atomic mass is 35.5. The molecule has 2 atom stereocenters. The maximum atomic E-state index is 11.9. The number of urea groups is 1. The Balaban J connectivity index is 2.01. The zero-order valence-electron chi connectivity index (χ0n) is 12.5. The molecule has 0 unspecified atom stereocenters. The summed E-state index contributed by atoms with van der Waals surface area (Å²) < 4.78 is 1.59. The molecular formula is C15H19ClN4O2. The summed E-state index contributed by atoms with van der Waals surface area (Å²) >= 11 is 6.11. The fourth-order valence-electron chi connectivity index (χ4n) is 1.83. The Bertz CT molecular complexity index is 644. The third-order valence-corrected chi connectivity index (χ3v) is 3.76. The molecule has 22 heavy (non-hydrogen) atoms. The minimum atomic E-state index is -0.341. The van der Waals surface area contributed by atoms with E-state index >= 15 is 0 Å². The van der Waals surface area contributed by atoms with Gasteiger partial charge in [0.25, 0.3) is 0 Å². The minimum Gasteiger partial charge on any atom is -0.396 e. The van der Waals surface area contributed by atoms with E-state index in [1.807, 2.05) is 32.0 Å². The lowest BCUT2D eigenvalue weighted by atomic mass is 10.1. The van der Waals surface area contributed by atoms with Gasteiger partial charge in [-0.15, -0.1) is 0 Å². The number of hydrogen-bond acceptors (Lipinski definition) is 3. The average molecular weight is 323 g/mol. The quantitative estimate of drug-likeness (QED) is 0.791. The van der Waals surface area contributed by atoms with Crippen LogP contribution in [0.1, 0.15) is 13.8 Å². The Labute approximate surface area is 134 Å². The number of carbonyl (C=O) groups excluding carboxylic acids is 1. The van der Waals surface area contributed by atoms with Gasteiger partial charge in [0, 0.05) is 12.6 Å². The summed E-state index contributed by atoms with van der Waals surface area (Å²) in [6.45, 7) is 3.72. The number of hydrogen-bond donors (Lipinski definition) is 3. The summed E-state index contributed by atoms with van der Waals surface area (Å²) in [4.78, 5) is 11.9. The SMILES string of the molecule is C[C@H](CO)[C@@H](C)NC(=O)Nc1cnn(-c2ccccc2Cl)c1. The van der Waals surface area contributed by atoms with Gasteiger partial charge < -0.3 is 15.7 Å². The van der Waals surface area contributed by atoms with E-state index in [1.54, 1.807) is 23.1 Å². The Morgan fingerprint density at radius 1 is 1.41 bits per heavy atom. The third-order valence-electron chi connectivity index (χ3n) is 3.44. The predicted octanol–water partition coefficient (Wildman–Crippen LogP) is 2.66. The molecule has 0 aliphatic rings. The van der Waals surface area contributed by atoms with E-state index in [4.69, 9.17) is 16.7 Å². The van der Waals surface area contributed by atoms with Crippen LogP contribution in [0.15, 0.2) is 36.7 Å². The first-order valence-electron chi connectivity index (χ1n) is 6.99. The van der Waals surface area contributed by atoms with Gasteiger partial charge in [-0.3, -0.25) is 0 Å². The standard InChI is InChI=1S/C15H19ClN4O2/c1-10(9-21)11(2)18-15(22)19-12-7-17-20(8-12)14-6-4-3-5-13(14)16/h3-8,10-11,21H,9H2,1-2H3,(H2,18,19,22)/t10-,11-/m1/s1. The van der Waals surface area contributed by atoms with Crippen molar-refractivity contribution in [2.24, 2.45) is 5.92 Å². The fourth-order valence-corrected chi connectivity index (χ4v) is 2.05. The average Bonchev–Trinajstić information content (AvgIpc) is 2.94. The summed E-state index contributed by atoms with van der Waals surface area (Å²) in [6, 6.07) is 6.84. The van der Waals surface area contributed by atoms with E-state index in [0.29, 0.717) is 10.7 Å². The number of nitrogens with zero attached hydrogens (tertiary/aromatic N) is 2. The van der Waals surface area contributed by atoms with Gasteiger partial charge in [-0.25, -0.2) is 9.48 Å². The van der Waals surface area contributed by atoms with E-state index in [-0.39, 0.29) is 24.6 Å². The topological polar surface area (TPSA) is 79.2 Å². The molecule has 2 aromatic rings. The summed E-state index contributed by atoms with van der Waals surface area (Å²) in [6.07, 6.45) is 3.23. The maximum Gasteiger partial charge on any atom is 0.319 e. The van der Waals surface area contributed by atoms with Crippen LogP contribution in [-0.2, 0) is 0 Å². The Hall–Kier alpha value is -2.05. The number of amides is 2. The second-order valence-electron chi connectivity index (χ2n) is 5.17. The van der Waals surface area contributed by atoms with E-state index in [0.717, 1.165) is 5.69 Å². The first-order chi connectivity index (χ1) is 10.5. The molecule has 0 aliphatic heterocycles. The summed E-state index contributed by atoms with van der Waals surface area (Å²) in [5.41, 5.74) is 1.29. The highest BCUT2D eigenvalue weighted by Crippen LogP contribution is 2.20. The summed E-state index contributed by atoms with van der Waals surface area (Å²) in [5.74, 6) is -0.0170. The molecule has 0 saturated heterocycles. The van der Waals surface area contributed by atoms with Crippen LogP contribution < -0.4 is 10.6 Å². The molecule has 0 fully saturated rings. The van der Waals surface area contributed by atoms with E-state index in [2.05, 4.69) is 15.7 Å². The molecule has 118 valence electrons. The molecule has 1 aromatic heterocycles. The Morgan fingerprint density at radius 2 is 2.14 bits per heavy atom. The molecular weight excluding hydrogens is 304 g/mol. The fraction of sp³-hybridized carbons (Fsp3) is 0.333. The first kappa shape index (κ1) is 16.3. The van der Waals surface area contributed by atoms with Gasteiger partial charge in [-0.2, -0.15) is 5.10 Å². The number of anilines is 1. The monoisotopic (exact) mass is 322 g/mol. The van der Waals surface area contributed by atoms with Crippen LogP contribution in [0.5, 0.6) is 0 Å². The van der Waals surface area contributed by atoms with Crippen molar-refractivity contribution in [1.29, 1.82) is 0 Å². The van der Waals surface area contributed by atoms with Crippen molar-refractivity contribution in [3.63, 3.8) is 0 Å². The van der Waals surface area contributed by atoms with Crippen LogP contribution in [0.2, 0.25) is 5.02 Å².